The minimum Gasteiger partial charge on any atom is -0.497 e. The van der Waals surface area contributed by atoms with Gasteiger partial charge >= 0.3 is 0 Å². The Kier molecular flexibility index (Phi) is 7.33. The standard InChI is InChI=1S/C21H26ClN3O4S/c1-26-14-5-6-17(20(11-14)29-4)24-7-9-25(10-8-24)21(30)23-16-13-18(27-2)15(22)12-19(16)28-3/h5-6,11-13H,7-10H2,1-4H3,(H,23,30). The van der Waals surface area contributed by atoms with Crippen molar-refractivity contribution in [2.75, 3.05) is 64.8 Å². The van der Waals surface area contributed by atoms with E-state index in [2.05, 4.69) is 15.1 Å². The molecule has 1 fully saturated rings. The van der Waals surface area contributed by atoms with Crippen LogP contribution in [0.1, 0.15) is 0 Å². The fourth-order valence-electron chi connectivity index (χ4n) is 3.35. The van der Waals surface area contributed by atoms with E-state index in [0.717, 1.165) is 43.4 Å². The fraction of sp³-hybridized carbons (Fsp3) is 0.381. The van der Waals surface area contributed by atoms with Gasteiger partial charge in [0.15, 0.2) is 5.11 Å². The summed E-state index contributed by atoms with van der Waals surface area (Å²) < 4.78 is 21.6. The van der Waals surface area contributed by atoms with Gasteiger partial charge in [-0.15, -0.1) is 0 Å². The van der Waals surface area contributed by atoms with Gasteiger partial charge in [-0.2, -0.15) is 0 Å². The van der Waals surface area contributed by atoms with Crippen LogP contribution in [0.5, 0.6) is 23.0 Å². The molecule has 7 nitrogen and oxygen atoms in total. The van der Waals surface area contributed by atoms with E-state index in [1.807, 2.05) is 18.2 Å². The van der Waals surface area contributed by atoms with Gasteiger partial charge in [-0.1, -0.05) is 11.6 Å². The molecule has 0 unspecified atom stereocenters. The van der Waals surface area contributed by atoms with Crippen LogP contribution >= 0.6 is 23.8 Å². The van der Waals surface area contributed by atoms with E-state index in [9.17, 15) is 0 Å². The molecule has 1 N–H and O–H groups in total. The van der Waals surface area contributed by atoms with Gasteiger partial charge in [-0.05, 0) is 24.4 Å². The molecule has 0 bridgehead atoms. The Hall–Kier alpha value is -2.58. The predicted octanol–water partition coefficient (Wildman–Crippen LogP) is 3.89. The summed E-state index contributed by atoms with van der Waals surface area (Å²) in [4.78, 5) is 4.41. The van der Waals surface area contributed by atoms with E-state index in [4.69, 9.17) is 42.8 Å². The van der Waals surface area contributed by atoms with Crippen molar-refractivity contribution in [3.8, 4) is 23.0 Å². The van der Waals surface area contributed by atoms with Gasteiger partial charge in [0.2, 0.25) is 0 Å². The van der Waals surface area contributed by atoms with Crippen molar-refractivity contribution in [1.29, 1.82) is 0 Å². The molecule has 1 aliphatic heterocycles. The lowest BCUT2D eigenvalue weighted by Crippen LogP contribution is -2.50. The molecule has 1 saturated heterocycles. The maximum atomic E-state index is 6.18. The van der Waals surface area contributed by atoms with Gasteiger partial charge in [-0.25, -0.2) is 0 Å². The van der Waals surface area contributed by atoms with Crippen LogP contribution in [0, 0.1) is 0 Å². The minimum atomic E-state index is 0.480. The van der Waals surface area contributed by atoms with Gasteiger partial charge in [0.25, 0.3) is 0 Å². The Labute approximate surface area is 187 Å². The van der Waals surface area contributed by atoms with Crippen molar-refractivity contribution in [1.82, 2.24) is 4.90 Å². The summed E-state index contributed by atoms with van der Waals surface area (Å²) >= 11 is 11.8. The van der Waals surface area contributed by atoms with Crippen molar-refractivity contribution in [2.24, 2.45) is 0 Å². The van der Waals surface area contributed by atoms with Crippen LogP contribution in [0.4, 0.5) is 11.4 Å². The van der Waals surface area contributed by atoms with Crippen molar-refractivity contribution < 1.29 is 18.9 Å². The second kappa shape index (κ2) is 9.95. The Morgan fingerprint density at radius 2 is 1.53 bits per heavy atom. The summed E-state index contributed by atoms with van der Waals surface area (Å²) in [5.74, 6) is 2.72. The molecular formula is C21H26ClN3O4S. The SMILES string of the molecule is COc1ccc(N2CCN(C(=S)Nc3cc(OC)c(Cl)cc3OC)CC2)c(OC)c1. The summed E-state index contributed by atoms with van der Waals surface area (Å²) in [6, 6.07) is 9.35. The third kappa shape index (κ3) is 4.76. The molecule has 30 heavy (non-hydrogen) atoms. The lowest BCUT2D eigenvalue weighted by Gasteiger charge is -2.38. The number of thiocarbonyl (C=S) groups is 1. The summed E-state index contributed by atoms with van der Waals surface area (Å²) in [6.45, 7) is 3.17. The Morgan fingerprint density at radius 3 is 2.13 bits per heavy atom. The number of hydrogen-bond donors (Lipinski definition) is 1. The highest BCUT2D eigenvalue weighted by Gasteiger charge is 2.22. The highest BCUT2D eigenvalue weighted by atomic mass is 35.5. The third-order valence-electron chi connectivity index (χ3n) is 5.01. The van der Waals surface area contributed by atoms with E-state index in [0.29, 0.717) is 27.3 Å². The number of ether oxygens (including phenoxy) is 4. The normalized spacial score (nSPS) is 13.6. The van der Waals surface area contributed by atoms with E-state index in [1.165, 1.54) is 0 Å². The fourth-order valence-corrected chi connectivity index (χ4v) is 3.87. The first kappa shape index (κ1) is 22.1. The zero-order valence-electron chi connectivity index (χ0n) is 17.5. The molecule has 0 amide bonds. The third-order valence-corrected chi connectivity index (χ3v) is 5.67. The van der Waals surface area contributed by atoms with E-state index < -0.39 is 0 Å². The summed E-state index contributed by atoms with van der Waals surface area (Å²) in [5.41, 5.74) is 1.75. The number of nitrogens with zero attached hydrogens (tertiary/aromatic N) is 2. The molecule has 0 spiro atoms. The van der Waals surface area contributed by atoms with Gasteiger partial charge in [0, 0.05) is 44.4 Å². The van der Waals surface area contributed by atoms with Crippen molar-refractivity contribution in [3.05, 3.63) is 35.4 Å². The lowest BCUT2D eigenvalue weighted by molar-refractivity contribution is 0.377. The Bertz CT molecular complexity index is 904. The van der Waals surface area contributed by atoms with Gasteiger partial charge in [0.05, 0.1) is 44.8 Å². The average Bonchev–Trinajstić information content (AvgIpc) is 2.79. The summed E-state index contributed by atoms with van der Waals surface area (Å²) in [6.07, 6.45) is 0. The van der Waals surface area contributed by atoms with Gasteiger partial charge < -0.3 is 34.1 Å². The van der Waals surface area contributed by atoms with Crippen molar-refractivity contribution in [3.63, 3.8) is 0 Å². The number of methoxy groups -OCH3 is 4. The molecule has 9 heteroatoms. The maximum absolute atomic E-state index is 6.18. The van der Waals surface area contributed by atoms with E-state index >= 15 is 0 Å². The first-order valence-corrected chi connectivity index (χ1v) is 10.2. The van der Waals surface area contributed by atoms with Crippen LogP contribution in [0.2, 0.25) is 5.02 Å². The molecular weight excluding hydrogens is 426 g/mol. The number of piperazine rings is 1. The number of nitrogens with one attached hydrogen (secondary N) is 1. The van der Waals surface area contributed by atoms with Gasteiger partial charge in [-0.3, -0.25) is 0 Å². The number of benzene rings is 2. The molecule has 3 rings (SSSR count). The van der Waals surface area contributed by atoms with Crippen LogP contribution in [0.15, 0.2) is 30.3 Å². The Balaban J connectivity index is 1.66. The zero-order chi connectivity index (χ0) is 21.7. The summed E-state index contributed by atoms with van der Waals surface area (Å²) in [7, 11) is 6.48. The molecule has 0 atom stereocenters. The molecule has 1 aliphatic rings. The van der Waals surface area contributed by atoms with Crippen LogP contribution in [-0.4, -0.2) is 64.6 Å². The molecule has 1 heterocycles. The topological polar surface area (TPSA) is 55.4 Å². The number of rotatable bonds is 6. The molecule has 2 aromatic carbocycles. The van der Waals surface area contributed by atoms with Crippen LogP contribution in [0.25, 0.3) is 0 Å². The highest BCUT2D eigenvalue weighted by molar-refractivity contribution is 7.80. The minimum absolute atomic E-state index is 0.480. The number of hydrogen-bond acceptors (Lipinski definition) is 6. The van der Waals surface area contributed by atoms with E-state index in [1.54, 1.807) is 40.6 Å². The predicted molar refractivity (Wildman–Crippen MR) is 124 cm³/mol. The largest absolute Gasteiger partial charge is 0.497 e. The second-order valence-electron chi connectivity index (χ2n) is 6.63. The van der Waals surface area contributed by atoms with Crippen molar-refractivity contribution in [2.45, 2.75) is 0 Å². The first-order chi connectivity index (χ1) is 14.5. The average molecular weight is 452 g/mol. The van der Waals surface area contributed by atoms with E-state index in [-0.39, 0.29) is 0 Å². The molecule has 0 radical (unpaired) electrons. The van der Waals surface area contributed by atoms with Crippen LogP contribution in [-0.2, 0) is 0 Å². The smallest absolute Gasteiger partial charge is 0.173 e. The second-order valence-corrected chi connectivity index (χ2v) is 7.42. The Morgan fingerprint density at radius 1 is 0.867 bits per heavy atom. The molecule has 0 saturated carbocycles. The molecule has 162 valence electrons. The zero-order valence-corrected chi connectivity index (χ0v) is 19.1. The maximum Gasteiger partial charge on any atom is 0.173 e. The lowest BCUT2D eigenvalue weighted by atomic mass is 10.2. The van der Waals surface area contributed by atoms with Gasteiger partial charge in [0.1, 0.15) is 23.0 Å². The molecule has 0 aliphatic carbocycles. The summed E-state index contributed by atoms with van der Waals surface area (Å²) in [5, 5.41) is 4.36. The molecule has 0 aromatic heterocycles. The van der Waals surface area contributed by atoms with Crippen molar-refractivity contribution >= 4 is 40.3 Å². The monoisotopic (exact) mass is 451 g/mol. The van der Waals surface area contributed by atoms with Crippen LogP contribution in [0.3, 0.4) is 0 Å². The van der Waals surface area contributed by atoms with Crippen LogP contribution < -0.4 is 29.2 Å². The molecule has 2 aromatic rings. The first-order valence-electron chi connectivity index (χ1n) is 9.45. The number of anilines is 2. The highest BCUT2D eigenvalue weighted by Crippen LogP contribution is 2.36. The quantitative estimate of drug-likeness (QED) is 0.664. The number of halogens is 1.